The van der Waals surface area contributed by atoms with Gasteiger partial charge in [0.25, 0.3) is 0 Å². The lowest BCUT2D eigenvalue weighted by atomic mass is 9.82. The number of sulfonamides is 1. The van der Waals surface area contributed by atoms with Crippen molar-refractivity contribution in [2.24, 2.45) is 5.92 Å². The Bertz CT molecular complexity index is 1130. The molecular weight excluding hydrogens is 472 g/mol. The number of nitrogens with zero attached hydrogens (tertiary/aromatic N) is 2. The van der Waals surface area contributed by atoms with Crippen LogP contribution in [-0.2, 0) is 21.3 Å². The molecule has 6 nitrogen and oxygen atoms in total. The summed E-state index contributed by atoms with van der Waals surface area (Å²) in [7, 11) is -1.97. The first kappa shape index (κ1) is 27.1. The molecule has 0 saturated carbocycles. The van der Waals surface area contributed by atoms with Gasteiger partial charge in [-0.15, -0.1) is 0 Å². The molecular formula is C29H42N2O4S. The van der Waals surface area contributed by atoms with Crippen LogP contribution in [0.1, 0.15) is 64.5 Å². The molecule has 2 heterocycles. The van der Waals surface area contributed by atoms with Gasteiger partial charge < -0.3 is 4.74 Å². The average molecular weight is 515 g/mol. The summed E-state index contributed by atoms with van der Waals surface area (Å²) in [5.74, 6) is 0.966. The lowest BCUT2D eigenvalue weighted by molar-refractivity contribution is -0.285. The first-order valence-corrected chi connectivity index (χ1v) is 14.5. The third-order valence-corrected chi connectivity index (χ3v) is 9.93. The molecule has 2 saturated heterocycles. The Hall–Kier alpha value is -1.93. The zero-order valence-electron chi connectivity index (χ0n) is 22.7. The molecule has 0 unspecified atom stereocenters. The van der Waals surface area contributed by atoms with Crippen LogP contribution < -0.4 is 4.74 Å². The molecule has 2 aromatic carbocycles. The number of para-hydroxylation sites is 1. The van der Waals surface area contributed by atoms with Gasteiger partial charge in [-0.1, -0.05) is 35.9 Å². The maximum atomic E-state index is 13.8. The predicted octanol–water partition coefficient (Wildman–Crippen LogP) is 5.60. The number of hydrogen-bond acceptors (Lipinski definition) is 5. The van der Waals surface area contributed by atoms with Gasteiger partial charge in [0.05, 0.1) is 24.7 Å². The first-order valence-electron chi connectivity index (χ1n) is 13.1. The molecule has 0 spiro atoms. The summed E-state index contributed by atoms with van der Waals surface area (Å²) in [6.07, 6.45) is 4.79. The summed E-state index contributed by atoms with van der Waals surface area (Å²) < 4.78 is 34.9. The Balaban J connectivity index is 1.64. The van der Waals surface area contributed by atoms with Gasteiger partial charge in [-0.2, -0.15) is 9.37 Å². The quantitative estimate of drug-likeness (QED) is 0.459. The van der Waals surface area contributed by atoms with Gasteiger partial charge in [-0.05, 0) is 96.4 Å². The number of hydrogen-bond donors (Lipinski definition) is 0. The van der Waals surface area contributed by atoms with Gasteiger partial charge in [0.1, 0.15) is 5.75 Å². The number of piperidine rings is 1. The van der Waals surface area contributed by atoms with Crippen molar-refractivity contribution < 1.29 is 18.0 Å². The molecule has 36 heavy (non-hydrogen) atoms. The normalized spacial score (nSPS) is 24.6. The van der Waals surface area contributed by atoms with Crippen molar-refractivity contribution in [2.75, 3.05) is 20.3 Å². The van der Waals surface area contributed by atoms with Crippen molar-refractivity contribution in [3.8, 4) is 5.75 Å². The molecule has 2 aromatic rings. The summed E-state index contributed by atoms with van der Waals surface area (Å²) in [6.45, 7) is 11.7. The smallest absolute Gasteiger partial charge is 0.243 e. The fraction of sp³-hybridized carbons (Fsp3) is 0.586. The molecule has 198 valence electrons. The standard InChI is InChI=1S/C29H42N2O4S/c1-22-12-14-25(15-13-22)36(32,33)30-19-16-23(20-24-10-7-8-11-27(24)34-6)26(30)21-35-31-28(2,3)17-9-18-29(31,4)5/h7-8,10-15,23,26H,9,16-21H2,1-6H3/t23-,26+/m0/s1. The molecule has 0 amide bonds. The number of ether oxygens (including phenoxy) is 1. The summed E-state index contributed by atoms with van der Waals surface area (Å²) in [5.41, 5.74) is 1.92. The number of benzene rings is 2. The molecule has 0 bridgehead atoms. The largest absolute Gasteiger partial charge is 0.496 e. The van der Waals surface area contributed by atoms with Crippen LogP contribution in [0.15, 0.2) is 53.4 Å². The predicted molar refractivity (Wildman–Crippen MR) is 143 cm³/mol. The van der Waals surface area contributed by atoms with Crippen LogP contribution in [0.5, 0.6) is 5.75 Å². The maximum absolute atomic E-state index is 13.8. The topological polar surface area (TPSA) is 59.1 Å². The molecule has 0 aliphatic carbocycles. The Kier molecular flexibility index (Phi) is 7.87. The highest BCUT2D eigenvalue weighted by atomic mass is 32.2. The Morgan fingerprint density at radius 3 is 2.25 bits per heavy atom. The van der Waals surface area contributed by atoms with E-state index in [-0.39, 0.29) is 23.0 Å². The monoisotopic (exact) mass is 514 g/mol. The van der Waals surface area contributed by atoms with Gasteiger partial charge in [0.15, 0.2) is 0 Å². The van der Waals surface area contributed by atoms with E-state index in [4.69, 9.17) is 9.57 Å². The molecule has 0 aromatic heterocycles. The Morgan fingerprint density at radius 1 is 0.972 bits per heavy atom. The second-order valence-electron chi connectivity index (χ2n) is 11.6. The van der Waals surface area contributed by atoms with Gasteiger partial charge in [-0.3, -0.25) is 4.84 Å². The van der Waals surface area contributed by atoms with E-state index in [0.717, 1.165) is 49.0 Å². The average Bonchev–Trinajstić information content (AvgIpc) is 3.21. The fourth-order valence-electron chi connectivity index (χ4n) is 6.12. The van der Waals surface area contributed by atoms with Crippen LogP contribution in [0.4, 0.5) is 0 Å². The maximum Gasteiger partial charge on any atom is 0.243 e. The molecule has 2 aliphatic rings. The van der Waals surface area contributed by atoms with Crippen molar-refractivity contribution in [3.05, 3.63) is 59.7 Å². The zero-order chi connectivity index (χ0) is 26.1. The molecule has 2 aliphatic heterocycles. The third kappa shape index (κ3) is 5.49. The third-order valence-electron chi connectivity index (χ3n) is 7.99. The number of hydroxylamine groups is 2. The van der Waals surface area contributed by atoms with E-state index in [1.165, 1.54) is 0 Å². The summed E-state index contributed by atoms with van der Waals surface area (Å²) >= 11 is 0. The van der Waals surface area contributed by atoms with E-state index in [1.807, 2.05) is 37.3 Å². The fourth-order valence-corrected chi connectivity index (χ4v) is 7.80. The van der Waals surface area contributed by atoms with Crippen LogP contribution in [0.3, 0.4) is 0 Å². The van der Waals surface area contributed by atoms with E-state index in [2.05, 4.69) is 38.8 Å². The minimum absolute atomic E-state index is 0.112. The van der Waals surface area contributed by atoms with Crippen LogP contribution in [0, 0.1) is 12.8 Å². The molecule has 2 fully saturated rings. The van der Waals surface area contributed by atoms with Gasteiger partial charge >= 0.3 is 0 Å². The van der Waals surface area contributed by atoms with Crippen LogP contribution in [0.25, 0.3) is 0 Å². The van der Waals surface area contributed by atoms with Crippen LogP contribution >= 0.6 is 0 Å². The Labute approximate surface area is 217 Å². The van der Waals surface area contributed by atoms with Crippen molar-refractivity contribution >= 4 is 10.0 Å². The highest BCUT2D eigenvalue weighted by Gasteiger charge is 2.46. The van der Waals surface area contributed by atoms with E-state index in [0.29, 0.717) is 18.0 Å². The van der Waals surface area contributed by atoms with Crippen molar-refractivity contribution in [1.29, 1.82) is 0 Å². The SMILES string of the molecule is COc1ccccc1C[C@@H]1CCN(S(=O)(=O)c2ccc(C)cc2)[C@@H]1CON1C(C)(C)CCCC1(C)C. The number of methoxy groups -OCH3 is 1. The molecule has 2 atom stereocenters. The van der Waals surface area contributed by atoms with Crippen molar-refractivity contribution in [2.45, 2.75) is 88.7 Å². The minimum Gasteiger partial charge on any atom is -0.496 e. The number of rotatable bonds is 8. The van der Waals surface area contributed by atoms with E-state index < -0.39 is 10.0 Å². The summed E-state index contributed by atoms with van der Waals surface area (Å²) in [4.78, 5) is 6.94. The van der Waals surface area contributed by atoms with Gasteiger partial charge in [0.2, 0.25) is 10.0 Å². The van der Waals surface area contributed by atoms with Crippen LogP contribution in [-0.4, -0.2) is 55.2 Å². The van der Waals surface area contributed by atoms with E-state index in [1.54, 1.807) is 23.5 Å². The highest BCUT2D eigenvalue weighted by Crippen LogP contribution is 2.40. The second-order valence-corrected chi connectivity index (χ2v) is 13.5. The first-order chi connectivity index (χ1) is 17.0. The van der Waals surface area contributed by atoms with Crippen molar-refractivity contribution in [1.82, 2.24) is 9.37 Å². The van der Waals surface area contributed by atoms with Gasteiger partial charge in [-0.25, -0.2) is 8.42 Å². The molecule has 0 N–H and O–H groups in total. The van der Waals surface area contributed by atoms with Crippen LogP contribution in [0.2, 0.25) is 0 Å². The highest BCUT2D eigenvalue weighted by molar-refractivity contribution is 7.89. The lowest BCUT2D eigenvalue weighted by Crippen LogP contribution is -2.59. The molecule has 0 radical (unpaired) electrons. The Morgan fingerprint density at radius 2 is 1.61 bits per heavy atom. The lowest BCUT2D eigenvalue weighted by Gasteiger charge is -2.51. The zero-order valence-corrected chi connectivity index (χ0v) is 23.5. The van der Waals surface area contributed by atoms with E-state index >= 15 is 0 Å². The summed E-state index contributed by atoms with van der Waals surface area (Å²) in [5, 5.41) is 2.14. The molecule has 7 heteroatoms. The molecule has 4 rings (SSSR count). The van der Waals surface area contributed by atoms with Gasteiger partial charge in [0, 0.05) is 17.6 Å². The van der Waals surface area contributed by atoms with Crippen molar-refractivity contribution in [3.63, 3.8) is 0 Å². The second kappa shape index (κ2) is 10.4. The van der Waals surface area contributed by atoms with E-state index in [9.17, 15) is 8.42 Å². The summed E-state index contributed by atoms with van der Waals surface area (Å²) in [6, 6.07) is 14.9. The minimum atomic E-state index is -3.65. The number of aryl methyl sites for hydroxylation is 1.